The summed E-state index contributed by atoms with van der Waals surface area (Å²) in [5.74, 6) is 0.266. The van der Waals surface area contributed by atoms with Gasteiger partial charge < -0.3 is 20.3 Å². The molecule has 1 aromatic carbocycles. The van der Waals surface area contributed by atoms with Crippen LogP contribution in [0.2, 0.25) is 0 Å². The van der Waals surface area contributed by atoms with E-state index in [1.807, 2.05) is 12.1 Å². The number of aliphatic imine (C=N–C) groups is 1. The minimum atomic E-state index is -0.536. The smallest absolute Gasteiger partial charge is 0.191 e. The first kappa shape index (κ1) is 22.1. The normalized spacial score (nSPS) is 16.5. The predicted molar refractivity (Wildman–Crippen MR) is 117 cm³/mol. The number of aromatic nitrogens is 1. The number of benzene rings is 1. The van der Waals surface area contributed by atoms with E-state index in [9.17, 15) is 8.78 Å². The Bertz CT molecular complexity index is 758. The van der Waals surface area contributed by atoms with Crippen LogP contribution in [0.1, 0.15) is 6.42 Å². The average Bonchev–Trinajstić information content (AvgIpc) is 3.13. The largest absolute Gasteiger partial charge is 0.490 e. The molecule has 9 heteroatoms. The van der Waals surface area contributed by atoms with Gasteiger partial charge in [0, 0.05) is 32.4 Å². The van der Waals surface area contributed by atoms with E-state index in [0.29, 0.717) is 38.0 Å². The molecule has 0 spiro atoms. The van der Waals surface area contributed by atoms with Gasteiger partial charge in [0.15, 0.2) is 5.96 Å². The summed E-state index contributed by atoms with van der Waals surface area (Å²) < 4.78 is 33.5. The maximum Gasteiger partial charge on any atom is 0.191 e. The molecule has 2 aromatic rings. The van der Waals surface area contributed by atoms with Gasteiger partial charge in [0.05, 0.1) is 12.7 Å². The third-order valence-electron chi connectivity index (χ3n) is 4.30. The second kappa shape index (κ2) is 11.0. The lowest BCUT2D eigenvalue weighted by Crippen LogP contribution is -2.45. The van der Waals surface area contributed by atoms with Gasteiger partial charge in [0.25, 0.3) is 0 Å². The fraction of sp³-hybridized carbons (Fsp3) is 0.368. The molecule has 0 amide bonds. The number of pyridine rings is 1. The number of nitrogens with one attached hydrogen (secondary N) is 2. The first-order chi connectivity index (χ1) is 13.2. The molecule has 1 unspecified atom stereocenters. The first-order valence-corrected chi connectivity index (χ1v) is 8.86. The summed E-state index contributed by atoms with van der Waals surface area (Å²) in [6, 6.07) is 7.64. The van der Waals surface area contributed by atoms with Gasteiger partial charge in [-0.15, -0.1) is 24.0 Å². The predicted octanol–water partition coefficient (Wildman–Crippen LogP) is 2.80. The zero-order valence-corrected chi connectivity index (χ0v) is 17.9. The lowest BCUT2D eigenvalue weighted by Gasteiger charge is -2.21. The minimum Gasteiger partial charge on any atom is -0.490 e. The number of nitrogens with zero attached hydrogens (tertiary/aromatic N) is 3. The summed E-state index contributed by atoms with van der Waals surface area (Å²) in [6.45, 7) is 2.11. The molecule has 1 saturated heterocycles. The van der Waals surface area contributed by atoms with Crippen LogP contribution < -0.4 is 20.3 Å². The van der Waals surface area contributed by atoms with E-state index in [-0.39, 0.29) is 35.7 Å². The SMILES string of the molecule is CN=C(NCCOc1cccnc1)NC1CCN(c2c(F)cccc2F)C1.I. The Morgan fingerprint density at radius 2 is 2.07 bits per heavy atom. The topological polar surface area (TPSA) is 61.8 Å². The molecule has 152 valence electrons. The fourth-order valence-corrected chi connectivity index (χ4v) is 3.03. The summed E-state index contributed by atoms with van der Waals surface area (Å²) in [6.07, 6.45) is 4.11. The molecule has 0 radical (unpaired) electrons. The van der Waals surface area contributed by atoms with E-state index in [4.69, 9.17) is 4.74 Å². The molecule has 1 aromatic heterocycles. The molecule has 6 nitrogen and oxygen atoms in total. The van der Waals surface area contributed by atoms with Gasteiger partial charge in [0.1, 0.15) is 29.7 Å². The number of hydrogen-bond acceptors (Lipinski definition) is 4. The molecule has 3 rings (SSSR count). The van der Waals surface area contributed by atoms with Crippen LogP contribution in [0.5, 0.6) is 5.75 Å². The highest BCUT2D eigenvalue weighted by Crippen LogP contribution is 2.26. The maximum atomic E-state index is 13.9. The second-order valence-electron chi connectivity index (χ2n) is 6.18. The van der Waals surface area contributed by atoms with Crippen molar-refractivity contribution >= 4 is 35.6 Å². The maximum absolute atomic E-state index is 13.9. The number of hydrogen-bond donors (Lipinski definition) is 2. The van der Waals surface area contributed by atoms with Gasteiger partial charge in [-0.3, -0.25) is 9.98 Å². The molecule has 1 atom stereocenters. The van der Waals surface area contributed by atoms with Gasteiger partial charge in [-0.25, -0.2) is 8.78 Å². The minimum absolute atomic E-state index is 0. The molecule has 1 aliphatic rings. The Balaban J connectivity index is 0.00000280. The van der Waals surface area contributed by atoms with Crippen molar-refractivity contribution in [2.24, 2.45) is 4.99 Å². The van der Waals surface area contributed by atoms with E-state index in [2.05, 4.69) is 20.6 Å². The molecule has 0 saturated carbocycles. The van der Waals surface area contributed by atoms with Crippen molar-refractivity contribution in [2.75, 3.05) is 38.2 Å². The van der Waals surface area contributed by atoms with Crippen LogP contribution in [-0.2, 0) is 0 Å². The quantitative estimate of drug-likeness (QED) is 0.275. The Morgan fingerprint density at radius 3 is 2.75 bits per heavy atom. The number of ether oxygens (including phenoxy) is 1. The molecule has 1 aliphatic heterocycles. The zero-order valence-electron chi connectivity index (χ0n) is 15.6. The number of anilines is 1. The van der Waals surface area contributed by atoms with Crippen LogP contribution in [0.4, 0.5) is 14.5 Å². The lowest BCUT2D eigenvalue weighted by atomic mass is 10.2. The van der Waals surface area contributed by atoms with Crippen molar-refractivity contribution < 1.29 is 13.5 Å². The number of guanidine groups is 1. The Morgan fingerprint density at radius 1 is 1.29 bits per heavy atom. The molecular formula is C19H24F2IN5O. The van der Waals surface area contributed by atoms with Crippen LogP contribution in [0.15, 0.2) is 47.7 Å². The van der Waals surface area contributed by atoms with Crippen molar-refractivity contribution in [2.45, 2.75) is 12.5 Å². The third-order valence-corrected chi connectivity index (χ3v) is 4.30. The van der Waals surface area contributed by atoms with Crippen LogP contribution in [0.25, 0.3) is 0 Å². The molecule has 2 heterocycles. The molecule has 0 aliphatic carbocycles. The van der Waals surface area contributed by atoms with Crippen LogP contribution in [0.3, 0.4) is 0 Å². The molecule has 0 bridgehead atoms. The third kappa shape index (κ3) is 5.91. The summed E-state index contributed by atoms with van der Waals surface area (Å²) in [5, 5.41) is 6.46. The fourth-order valence-electron chi connectivity index (χ4n) is 3.03. The van der Waals surface area contributed by atoms with Crippen molar-refractivity contribution in [1.29, 1.82) is 0 Å². The number of rotatable bonds is 6. The van der Waals surface area contributed by atoms with Crippen molar-refractivity contribution in [1.82, 2.24) is 15.6 Å². The van der Waals surface area contributed by atoms with E-state index in [1.165, 1.54) is 18.2 Å². The summed E-state index contributed by atoms with van der Waals surface area (Å²) in [7, 11) is 1.68. The summed E-state index contributed by atoms with van der Waals surface area (Å²) in [4.78, 5) is 9.90. The Kier molecular flexibility index (Phi) is 8.68. The van der Waals surface area contributed by atoms with Gasteiger partial charge in [-0.05, 0) is 30.7 Å². The van der Waals surface area contributed by atoms with Crippen molar-refractivity contribution in [3.05, 3.63) is 54.4 Å². The molecular weight excluding hydrogens is 479 g/mol. The number of para-hydroxylation sites is 1. The van der Waals surface area contributed by atoms with Crippen molar-refractivity contribution in [3.63, 3.8) is 0 Å². The monoisotopic (exact) mass is 503 g/mol. The second-order valence-corrected chi connectivity index (χ2v) is 6.18. The highest BCUT2D eigenvalue weighted by atomic mass is 127. The summed E-state index contributed by atoms with van der Waals surface area (Å²) in [5.41, 5.74) is 0.0367. The highest BCUT2D eigenvalue weighted by Gasteiger charge is 2.27. The molecule has 1 fully saturated rings. The van der Waals surface area contributed by atoms with Crippen LogP contribution >= 0.6 is 24.0 Å². The Hall–Kier alpha value is -2.17. The summed E-state index contributed by atoms with van der Waals surface area (Å²) >= 11 is 0. The van der Waals surface area contributed by atoms with E-state index >= 15 is 0 Å². The average molecular weight is 503 g/mol. The lowest BCUT2D eigenvalue weighted by molar-refractivity contribution is 0.320. The number of halogens is 3. The molecule has 2 N–H and O–H groups in total. The Labute approximate surface area is 180 Å². The van der Waals surface area contributed by atoms with E-state index in [1.54, 1.807) is 24.3 Å². The van der Waals surface area contributed by atoms with E-state index in [0.717, 1.165) is 6.42 Å². The van der Waals surface area contributed by atoms with E-state index < -0.39 is 11.6 Å². The van der Waals surface area contributed by atoms with Crippen LogP contribution in [0, 0.1) is 11.6 Å². The van der Waals surface area contributed by atoms with Gasteiger partial charge >= 0.3 is 0 Å². The van der Waals surface area contributed by atoms with Gasteiger partial charge in [-0.2, -0.15) is 0 Å². The first-order valence-electron chi connectivity index (χ1n) is 8.86. The standard InChI is InChI=1S/C19H23F2N5O.HI/c1-22-19(24-9-11-27-15-4-3-8-23-12-15)25-14-7-10-26(13-14)18-16(20)5-2-6-17(18)21;/h2-6,8,12,14H,7,9-11,13H2,1H3,(H2,22,24,25);1H. The van der Waals surface area contributed by atoms with Gasteiger partial charge in [0.2, 0.25) is 0 Å². The highest BCUT2D eigenvalue weighted by molar-refractivity contribution is 14.0. The van der Waals surface area contributed by atoms with Gasteiger partial charge in [-0.1, -0.05) is 6.07 Å². The molecule has 28 heavy (non-hydrogen) atoms. The van der Waals surface area contributed by atoms with Crippen LogP contribution in [-0.4, -0.2) is 50.3 Å². The van der Waals surface area contributed by atoms with Crippen molar-refractivity contribution in [3.8, 4) is 5.75 Å². The zero-order chi connectivity index (χ0) is 19.1.